The monoisotopic (exact) mass is 442 g/mol. The van der Waals surface area contributed by atoms with Crippen molar-refractivity contribution in [3.05, 3.63) is 75.6 Å². The molecule has 2 atom stereocenters. The number of pyridine rings is 1. The second-order valence-electron chi connectivity index (χ2n) is 8.03. The summed E-state index contributed by atoms with van der Waals surface area (Å²) in [5.74, 6) is -1.74. The topological polar surface area (TPSA) is 80.6 Å². The number of carbonyl (C=O) groups is 1. The molecule has 168 valence electrons. The Bertz CT molecular complexity index is 1210. The molecule has 1 aliphatic rings. The van der Waals surface area contributed by atoms with Crippen LogP contribution in [0.5, 0.6) is 5.75 Å². The fraction of sp³-hybridized carbons (Fsp3) is 0.333. The Morgan fingerprint density at radius 3 is 2.50 bits per heavy atom. The number of nitrogens with one attached hydrogen (secondary N) is 1. The molecule has 3 aromatic rings. The molecule has 2 N–H and O–H groups in total. The van der Waals surface area contributed by atoms with Crippen molar-refractivity contribution in [1.82, 2.24) is 9.88 Å². The van der Waals surface area contributed by atoms with Crippen molar-refractivity contribution < 1.29 is 23.4 Å². The van der Waals surface area contributed by atoms with Gasteiger partial charge in [0.2, 0.25) is 5.43 Å². The average molecular weight is 442 g/mol. The highest BCUT2D eigenvalue weighted by Gasteiger charge is 2.27. The highest BCUT2D eigenvalue weighted by molar-refractivity contribution is 5.97. The third-order valence-corrected chi connectivity index (χ3v) is 5.92. The number of aliphatic hydroxyl groups excluding tert-OH is 1. The first kappa shape index (κ1) is 22.0. The fourth-order valence-corrected chi connectivity index (χ4v) is 4.19. The molecule has 0 saturated heterocycles. The number of aromatic nitrogens is 1. The number of hydrogen-bond donors (Lipinski definition) is 2. The molecule has 1 aromatic heterocycles. The molecule has 1 heterocycles. The molecular weight excluding hydrogens is 418 g/mol. The highest BCUT2D eigenvalue weighted by Crippen LogP contribution is 2.22. The molecule has 1 amide bonds. The predicted octanol–water partition coefficient (Wildman–Crippen LogP) is 3.37. The maximum atomic E-state index is 14.7. The van der Waals surface area contributed by atoms with Gasteiger partial charge in [0.25, 0.3) is 5.91 Å². The summed E-state index contributed by atoms with van der Waals surface area (Å²) in [5, 5.41) is 12.4. The van der Waals surface area contributed by atoms with Gasteiger partial charge in [-0.2, -0.15) is 0 Å². The number of methoxy groups -OCH3 is 1. The van der Waals surface area contributed by atoms with Gasteiger partial charge in [-0.1, -0.05) is 25.0 Å². The summed E-state index contributed by atoms with van der Waals surface area (Å²) in [6.45, 7) is 0.105. The first-order valence-corrected chi connectivity index (χ1v) is 10.5. The minimum Gasteiger partial charge on any atom is -0.497 e. The maximum absolute atomic E-state index is 14.7. The Morgan fingerprint density at radius 2 is 1.81 bits per heavy atom. The van der Waals surface area contributed by atoms with Gasteiger partial charge >= 0.3 is 0 Å². The summed E-state index contributed by atoms with van der Waals surface area (Å²) in [5.41, 5.74) is -0.646. The molecule has 32 heavy (non-hydrogen) atoms. The minimum absolute atomic E-state index is 0.105. The number of aliphatic hydroxyl groups is 1. The van der Waals surface area contributed by atoms with Crippen LogP contribution in [0.3, 0.4) is 0 Å². The fourth-order valence-electron chi connectivity index (χ4n) is 4.19. The number of hydrogen-bond acceptors (Lipinski definition) is 4. The third-order valence-electron chi connectivity index (χ3n) is 5.92. The van der Waals surface area contributed by atoms with E-state index in [-0.39, 0.29) is 17.6 Å². The van der Waals surface area contributed by atoms with Crippen LogP contribution < -0.4 is 15.5 Å². The van der Waals surface area contributed by atoms with E-state index in [1.165, 1.54) is 17.9 Å². The molecule has 1 unspecified atom stereocenters. The van der Waals surface area contributed by atoms with Crippen LogP contribution in [-0.4, -0.2) is 34.8 Å². The molecule has 0 spiro atoms. The zero-order valence-corrected chi connectivity index (χ0v) is 17.6. The molecule has 1 aliphatic carbocycles. The molecule has 1 saturated carbocycles. The van der Waals surface area contributed by atoms with Crippen LogP contribution in [0.25, 0.3) is 10.9 Å². The Morgan fingerprint density at radius 1 is 1.12 bits per heavy atom. The van der Waals surface area contributed by atoms with E-state index in [0.717, 1.165) is 30.5 Å². The summed E-state index contributed by atoms with van der Waals surface area (Å²) in [7, 11) is 1.54. The van der Waals surface area contributed by atoms with Crippen LogP contribution in [-0.2, 0) is 6.54 Å². The first-order valence-electron chi connectivity index (χ1n) is 10.5. The second kappa shape index (κ2) is 9.08. The smallest absolute Gasteiger partial charge is 0.257 e. The van der Waals surface area contributed by atoms with Crippen LogP contribution in [0.4, 0.5) is 8.78 Å². The normalized spacial score (nSPS) is 18.5. The van der Waals surface area contributed by atoms with Crippen molar-refractivity contribution in [3.63, 3.8) is 0 Å². The quantitative estimate of drug-likeness (QED) is 0.635. The lowest BCUT2D eigenvalue weighted by molar-refractivity contribution is 0.0716. The Hall–Kier alpha value is -3.26. The number of fused-ring (bicyclic) bond motifs is 1. The molecule has 4 rings (SSSR count). The van der Waals surface area contributed by atoms with Crippen molar-refractivity contribution in [3.8, 4) is 5.75 Å². The number of carbonyl (C=O) groups excluding carboxylic acids is 1. The summed E-state index contributed by atoms with van der Waals surface area (Å²) in [6, 6.07) is 8.34. The summed E-state index contributed by atoms with van der Waals surface area (Å²) in [4.78, 5) is 25.9. The lowest BCUT2D eigenvalue weighted by atomic mass is 9.92. The van der Waals surface area contributed by atoms with E-state index in [1.807, 2.05) is 0 Å². The molecule has 0 radical (unpaired) electrons. The second-order valence-corrected chi connectivity index (χ2v) is 8.03. The maximum Gasteiger partial charge on any atom is 0.257 e. The van der Waals surface area contributed by atoms with Gasteiger partial charge in [0.05, 0.1) is 30.2 Å². The molecule has 0 bridgehead atoms. The van der Waals surface area contributed by atoms with Crippen molar-refractivity contribution >= 4 is 16.8 Å². The van der Waals surface area contributed by atoms with Crippen LogP contribution >= 0.6 is 0 Å². The molecule has 8 heteroatoms. The minimum atomic E-state index is -0.901. The van der Waals surface area contributed by atoms with Gasteiger partial charge in [0.15, 0.2) is 0 Å². The lowest BCUT2D eigenvalue weighted by Gasteiger charge is -2.28. The summed E-state index contributed by atoms with van der Waals surface area (Å²) < 4.78 is 35.9. The van der Waals surface area contributed by atoms with Crippen molar-refractivity contribution in [2.45, 2.75) is 44.4 Å². The predicted molar refractivity (Wildman–Crippen MR) is 116 cm³/mol. The van der Waals surface area contributed by atoms with Gasteiger partial charge in [-0.15, -0.1) is 0 Å². The standard InChI is InChI=1S/C24H24F2N2O4/c1-32-15-8-6-14(7-9-15)12-28-13-16(24(31)27-19-4-2-3-5-20(19)29)23(30)21-17(25)10-11-18(26)22(21)28/h6-11,13,19-20,29H,2-5,12H2,1H3,(H,27,31)/t19-,20?/m1/s1. The van der Waals surface area contributed by atoms with E-state index in [0.29, 0.717) is 18.6 Å². The van der Waals surface area contributed by atoms with E-state index >= 15 is 0 Å². The van der Waals surface area contributed by atoms with E-state index < -0.39 is 40.5 Å². The van der Waals surface area contributed by atoms with E-state index in [4.69, 9.17) is 4.74 Å². The molecule has 6 nitrogen and oxygen atoms in total. The Kier molecular flexibility index (Phi) is 6.23. The third kappa shape index (κ3) is 4.23. The Labute approximate surface area is 183 Å². The summed E-state index contributed by atoms with van der Waals surface area (Å²) >= 11 is 0. The molecular formula is C24H24F2N2O4. The number of nitrogens with zero attached hydrogens (tertiary/aromatic N) is 1. The van der Waals surface area contributed by atoms with Gasteiger partial charge in [-0.05, 0) is 42.7 Å². The van der Waals surface area contributed by atoms with Crippen LogP contribution in [0.15, 0.2) is 47.4 Å². The number of benzene rings is 2. The van der Waals surface area contributed by atoms with Crippen LogP contribution in [0.2, 0.25) is 0 Å². The van der Waals surface area contributed by atoms with Gasteiger partial charge in [-0.3, -0.25) is 9.59 Å². The molecule has 1 fully saturated rings. The highest BCUT2D eigenvalue weighted by atomic mass is 19.1. The van der Waals surface area contributed by atoms with Gasteiger partial charge in [-0.25, -0.2) is 8.78 Å². The molecule has 0 aliphatic heterocycles. The summed E-state index contributed by atoms with van der Waals surface area (Å²) in [6.07, 6.45) is 3.41. The van der Waals surface area contributed by atoms with Gasteiger partial charge in [0.1, 0.15) is 22.9 Å². The van der Waals surface area contributed by atoms with E-state index in [9.17, 15) is 23.5 Å². The van der Waals surface area contributed by atoms with E-state index in [2.05, 4.69) is 5.32 Å². The average Bonchev–Trinajstić information content (AvgIpc) is 2.79. The molecule has 2 aromatic carbocycles. The van der Waals surface area contributed by atoms with Crippen molar-refractivity contribution in [2.24, 2.45) is 0 Å². The van der Waals surface area contributed by atoms with E-state index in [1.54, 1.807) is 24.3 Å². The number of halogens is 2. The number of amides is 1. The lowest BCUT2D eigenvalue weighted by Crippen LogP contribution is -2.46. The van der Waals surface area contributed by atoms with Crippen LogP contribution in [0.1, 0.15) is 41.6 Å². The zero-order chi connectivity index (χ0) is 22.8. The SMILES string of the molecule is COc1ccc(Cn2cc(C(=O)N[C@@H]3CCCCC3O)c(=O)c3c(F)ccc(F)c32)cc1. The Balaban J connectivity index is 1.79. The number of rotatable bonds is 5. The largest absolute Gasteiger partial charge is 0.497 e. The number of ether oxygens (including phenoxy) is 1. The van der Waals surface area contributed by atoms with Crippen LogP contribution in [0, 0.1) is 11.6 Å². The first-order chi connectivity index (χ1) is 15.4. The van der Waals surface area contributed by atoms with Crippen molar-refractivity contribution in [2.75, 3.05) is 7.11 Å². The van der Waals surface area contributed by atoms with Gasteiger partial charge < -0.3 is 19.7 Å². The van der Waals surface area contributed by atoms with Gasteiger partial charge in [0, 0.05) is 12.7 Å². The van der Waals surface area contributed by atoms with Crippen molar-refractivity contribution in [1.29, 1.82) is 0 Å². The zero-order valence-electron chi connectivity index (χ0n) is 17.6.